The summed E-state index contributed by atoms with van der Waals surface area (Å²) in [6.45, 7) is 2.06. The minimum Gasteiger partial charge on any atom is -0.229 e. The lowest BCUT2D eigenvalue weighted by atomic mass is 10.2. The highest BCUT2D eigenvalue weighted by Crippen LogP contribution is 2.33. The number of fused-ring (bicyclic) bond motifs is 1. The Morgan fingerprint density at radius 2 is 1.73 bits per heavy atom. The second-order valence-corrected chi connectivity index (χ2v) is 7.58. The molecular weight excluding hydrogens is 387 g/mol. The van der Waals surface area contributed by atoms with Gasteiger partial charge in [-0.2, -0.15) is 5.10 Å². The van der Waals surface area contributed by atoms with Crippen LogP contribution in [-0.4, -0.2) is 19.7 Å². The number of halogens is 2. The first-order chi connectivity index (χ1) is 12.6. The van der Waals surface area contributed by atoms with Gasteiger partial charge in [0.15, 0.2) is 5.65 Å². The largest absolute Gasteiger partial charge is 0.229 e. The van der Waals surface area contributed by atoms with Crippen LogP contribution in [0.5, 0.6) is 0 Å². The lowest BCUT2D eigenvalue weighted by Gasteiger charge is -2.07. The molecule has 0 unspecified atom stereocenters. The van der Waals surface area contributed by atoms with Crippen LogP contribution in [0.25, 0.3) is 16.7 Å². The number of hydrogen-bond acceptors (Lipinski definition) is 4. The molecule has 0 radical (unpaired) electrons. The van der Waals surface area contributed by atoms with E-state index in [2.05, 4.69) is 34.1 Å². The van der Waals surface area contributed by atoms with Gasteiger partial charge < -0.3 is 0 Å². The molecular formula is C19H14Cl2N4S. The van der Waals surface area contributed by atoms with Gasteiger partial charge in [0, 0.05) is 15.8 Å². The van der Waals surface area contributed by atoms with Gasteiger partial charge in [-0.25, -0.2) is 14.6 Å². The van der Waals surface area contributed by atoms with Gasteiger partial charge in [0.2, 0.25) is 0 Å². The molecule has 2 aromatic heterocycles. The number of rotatable bonds is 4. The number of aromatic nitrogens is 4. The average Bonchev–Trinajstić information content (AvgIpc) is 3.07. The highest BCUT2D eigenvalue weighted by Gasteiger charge is 2.13. The van der Waals surface area contributed by atoms with Crippen LogP contribution >= 0.6 is 35.0 Å². The first kappa shape index (κ1) is 17.3. The van der Waals surface area contributed by atoms with E-state index in [9.17, 15) is 0 Å². The summed E-state index contributed by atoms with van der Waals surface area (Å²) in [5, 5.41) is 7.57. The van der Waals surface area contributed by atoms with E-state index in [0.29, 0.717) is 15.8 Å². The average molecular weight is 401 g/mol. The Balaban J connectivity index is 1.68. The van der Waals surface area contributed by atoms with Crippen molar-refractivity contribution in [3.63, 3.8) is 0 Å². The molecule has 7 heteroatoms. The fourth-order valence-electron chi connectivity index (χ4n) is 2.62. The number of thioether (sulfide) groups is 1. The molecule has 0 N–H and O–H groups in total. The molecule has 0 fully saturated rings. The van der Waals surface area contributed by atoms with Gasteiger partial charge in [0.25, 0.3) is 0 Å². The minimum absolute atomic E-state index is 0.625. The molecule has 0 aliphatic heterocycles. The SMILES string of the molecule is Cc1ccc(-n2ncc3c(SCc4c(Cl)cccc4Cl)ncnc32)cc1. The third-order valence-electron chi connectivity index (χ3n) is 4.02. The number of benzene rings is 2. The Morgan fingerprint density at radius 3 is 2.46 bits per heavy atom. The summed E-state index contributed by atoms with van der Waals surface area (Å²) in [4.78, 5) is 8.83. The lowest BCUT2D eigenvalue weighted by molar-refractivity contribution is 0.893. The standard InChI is InChI=1S/C19H14Cl2N4S/c1-12-5-7-13(8-6-12)25-18-14(9-24-25)19(23-11-22-18)26-10-15-16(20)3-2-4-17(15)21/h2-9,11H,10H2,1H3. The molecule has 2 heterocycles. The zero-order chi connectivity index (χ0) is 18.1. The highest BCUT2D eigenvalue weighted by molar-refractivity contribution is 7.98. The Bertz CT molecular complexity index is 1060. The van der Waals surface area contributed by atoms with Gasteiger partial charge in [-0.15, -0.1) is 11.8 Å². The fourth-order valence-corrected chi connectivity index (χ4v) is 4.33. The third-order valence-corrected chi connectivity index (χ3v) is 5.76. The van der Waals surface area contributed by atoms with Gasteiger partial charge >= 0.3 is 0 Å². The van der Waals surface area contributed by atoms with Crippen LogP contribution in [0.4, 0.5) is 0 Å². The van der Waals surface area contributed by atoms with Crippen LogP contribution in [-0.2, 0) is 5.75 Å². The van der Waals surface area contributed by atoms with E-state index >= 15 is 0 Å². The van der Waals surface area contributed by atoms with E-state index in [4.69, 9.17) is 23.2 Å². The summed E-state index contributed by atoms with van der Waals surface area (Å²) in [7, 11) is 0. The smallest absolute Gasteiger partial charge is 0.167 e. The molecule has 0 aliphatic rings. The zero-order valence-corrected chi connectivity index (χ0v) is 16.2. The van der Waals surface area contributed by atoms with Gasteiger partial charge in [0.05, 0.1) is 17.3 Å². The fraction of sp³-hybridized carbons (Fsp3) is 0.105. The maximum atomic E-state index is 6.26. The molecule has 0 aliphatic carbocycles. The van der Waals surface area contributed by atoms with Crippen molar-refractivity contribution in [2.75, 3.05) is 0 Å². The van der Waals surface area contributed by atoms with Crippen LogP contribution in [0.1, 0.15) is 11.1 Å². The zero-order valence-electron chi connectivity index (χ0n) is 13.9. The summed E-state index contributed by atoms with van der Waals surface area (Å²) in [6, 6.07) is 13.7. The van der Waals surface area contributed by atoms with Crippen LogP contribution < -0.4 is 0 Å². The molecule has 26 heavy (non-hydrogen) atoms. The summed E-state index contributed by atoms with van der Waals surface area (Å²) in [6.07, 6.45) is 3.36. The van der Waals surface area contributed by atoms with Crippen molar-refractivity contribution < 1.29 is 0 Å². The molecule has 0 saturated heterocycles. The summed E-state index contributed by atoms with van der Waals surface area (Å²) in [5.41, 5.74) is 3.84. The van der Waals surface area contributed by atoms with Crippen LogP contribution in [0.3, 0.4) is 0 Å². The van der Waals surface area contributed by atoms with Crippen LogP contribution in [0, 0.1) is 6.92 Å². The van der Waals surface area contributed by atoms with E-state index in [1.54, 1.807) is 24.3 Å². The molecule has 0 bridgehead atoms. The van der Waals surface area contributed by atoms with Crippen molar-refractivity contribution in [3.8, 4) is 5.69 Å². The van der Waals surface area contributed by atoms with E-state index in [0.717, 1.165) is 27.3 Å². The van der Waals surface area contributed by atoms with Crippen LogP contribution in [0.2, 0.25) is 10.0 Å². The molecule has 2 aromatic carbocycles. The van der Waals surface area contributed by atoms with Crippen molar-refractivity contribution in [2.45, 2.75) is 17.7 Å². The van der Waals surface area contributed by atoms with E-state index in [1.807, 2.05) is 35.0 Å². The van der Waals surface area contributed by atoms with Gasteiger partial charge in [0.1, 0.15) is 11.4 Å². The van der Waals surface area contributed by atoms with Crippen molar-refractivity contribution in [1.29, 1.82) is 0 Å². The third kappa shape index (κ3) is 3.30. The number of nitrogens with zero attached hydrogens (tertiary/aromatic N) is 4. The summed E-state index contributed by atoms with van der Waals surface area (Å²) in [5.74, 6) is 0.625. The monoisotopic (exact) mass is 400 g/mol. The molecule has 130 valence electrons. The number of hydrogen-bond donors (Lipinski definition) is 0. The predicted octanol–water partition coefficient (Wildman–Crippen LogP) is 5.72. The highest BCUT2D eigenvalue weighted by atomic mass is 35.5. The maximum Gasteiger partial charge on any atom is 0.167 e. The molecule has 0 spiro atoms. The second-order valence-electron chi connectivity index (χ2n) is 5.80. The Kier molecular flexibility index (Phi) is 4.85. The molecule has 0 atom stereocenters. The maximum absolute atomic E-state index is 6.26. The van der Waals surface area contributed by atoms with Gasteiger partial charge in [-0.05, 0) is 36.8 Å². The van der Waals surface area contributed by atoms with Crippen molar-refractivity contribution in [2.24, 2.45) is 0 Å². The quantitative estimate of drug-likeness (QED) is 0.324. The molecule has 4 nitrogen and oxygen atoms in total. The Labute approximate surface area is 165 Å². The number of aryl methyl sites for hydroxylation is 1. The molecule has 4 rings (SSSR count). The Morgan fingerprint density at radius 1 is 1.00 bits per heavy atom. The molecule has 4 aromatic rings. The normalized spacial score (nSPS) is 11.2. The van der Waals surface area contributed by atoms with Crippen LogP contribution in [0.15, 0.2) is 60.0 Å². The van der Waals surface area contributed by atoms with Crippen molar-refractivity contribution in [1.82, 2.24) is 19.7 Å². The van der Waals surface area contributed by atoms with E-state index < -0.39 is 0 Å². The molecule has 0 amide bonds. The minimum atomic E-state index is 0.625. The molecule has 0 saturated carbocycles. The van der Waals surface area contributed by atoms with E-state index in [1.165, 1.54) is 5.56 Å². The van der Waals surface area contributed by atoms with Gasteiger partial charge in [-0.1, -0.05) is 47.0 Å². The topological polar surface area (TPSA) is 43.6 Å². The second kappa shape index (κ2) is 7.27. The summed E-state index contributed by atoms with van der Waals surface area (Å²) < 4.78 is 1.82. The lowest BCUT2D eigenvalue weighted by Crippen LogP contribution is -1.98. The van der Waals surface area contributed by atoms with Gasteiger partial charge in [-0.3, -0.25) is 0 Å². The predicted molar refractivity (Wildman–Crippen MR) is 107 cm³/mol. The Hall–Kier alpha value is -2.08. The van der Waals surface area contributed by atoms with E-state index in [-0.39, 0.29) is 0 Å². The van der Waals surface area contributed by atoms with Crippen molar-refractivity contribution >= 4 is 46.0 Å². The first-order valence-electron chi connectivity index (χ1n) is 7.95. The summed E-state index contributed by atoms with van der Waals surface area (Å²) >= 11 is 14.1. The van der Waals surface area contributed by atoms with Crippen molar-refractivity contribution in [3.05, 3.63) is 76.2 Å². The first-order valence-corrected chi connectivity index (χ1v) is 9.69.